The largest absolute Gasteiger partial charge is 0.495 e. The second kappa shape index (κ2) is 10.5. The Kier molecular flexibility index (Phi) is 8.08. The number of anilines is 1. The van der Waals surface area contributed by atoms with E-state index in [-0.39, 0.29) is 24.2 Å². The van der Waals surface area contributed by atoms with Crippen molar-refractivity contribution in [2.45, 2.75) is 26.2 Å². The monoisotopic (exact) mass is 374 g/mol. The zero-order valence-electron chi connectivity index (χ0n) is 16.1. The van der Waals surface area contributed by atoms with Crippen LogP contribution < -0.4 is 14.5 Å². The van der Waals surface area contributed by atoms with E-state index in [1.165, 1.54) is 0 Å². The number of methoxy groups -OCH3 is 1. The highest BCUT2D eigenvalue weighted by atomic mass is 16.5. The quantitative estimate of drug-likeness (QED) is 0.681. The highest BCUT2D eigenvalue weighted by Gasteiger charge is 2.31. The van der Waals surface area contributed by atoms with Gasteiger partial charge in [-0.05, 0) is 19.1 Å². The van der Waals surface area contributed by atoms with Gasteiger partial charge in [-0.2, -0.15) is 5.26 Å². The molecule has 1 aromatic rings. The van der Waals surface area contributed by atoms with Crippen molar-refractivity contribution in [3.8, 4) is 11.8 Å². The van der Waals surface area contributed by atoms with Gasteiger partial charge in [0.2, 0.25) is 0 Å². The fraction of sp³-hybridized carbons (Fsp3) is 0.550. The second-order valence-corrected chi connectivity index (χ2v) is 6.58. The first-order valence-electron chi connectivity index (χ1n) is 9.41. The third-order valence-electron chi connectivity index (χ3n) is 4.84. The standard InChI is InChI=1S/C20H27N3O4/c1-3-27-20(25)16-9-13-22(14-10-16)15-19(24)23(12-6-11-21)17-7-4-5-8-18(17)26-2/h4-5,7-8,16H,3,6,9-10,12-15H2,1-2H3/p+1. The van der Waals surface area contributed by atoms with Crippen LogP contribution in [0.4, 0.5) is 5.69 Å². The molecular formula is C20H28N3O4+. The molecule has 0 radical (unpaired) electrons. The maximum Gasteiger partial charge on any atom is 0.309 e. The van der Waals surface area contributed by atoms with E-state index in [0.717, 1.165) is 30.8 Å². The summed E-state index contributed by atoms with van der Waals surface area (Å²) in [6, 6.07) is 9.43. The molecule has 0 unspecified atom stereocenters. The predicted octanol–water partition coefficient (Wildman–Crippen LogP) is 0.800. The van der Waals surface area contributed by atoms with Crippen LogP contribution in [0.25, 0.3) is 0 Å². The van der Waals surface area contributed by atoms with E-state index < -0.39 is 0 Å². The van der Waals surface area contributed by atoms with Crippen LogP contribution in [-0.2, 0) is 14.3 Å². The van der Waals surface area contributed by atoms with E-state index in [4.69, 9.17) is 14.7 Å². The number of nitriles is 1. The highest BCUT2D eigenvalue weighted by molar-refractivity contribution is 5.95. The summed E-state index contributed by atoms with van der Waals surface area (Å²) in [5.74, 6) is 0.374. The van der Waals surface area contributed by atoms with Gasteiger partial charge in [0.05, 0.1) is 50.9 Å². The van der Waals surface area contributed by atoms with Gasteiger partial charge in [0, 0.05) is 19.4 Å². The lowest BCUT2D eigenvalue weighted by atomic mass is 9.97. The van der Waals surface area contributed by atoms with E-state index in [9.17, 15) is 9.59 Å². The van der Waals surface area contributed by atoms with Gasteiger partial charge in [0.25, 0.3) is 5.91 Å². The molecule has 7 nitrogen and oxygen atoms in total. The summed E-state index contributed by atoms with van der Waals surface area (Å²) in [5, 5.41) is 8.95. The first-order chi connectivity index (χ1) is 13.1. The van der Waals surface area contributed by atoms with Crippen molar-refractivity contribution in [2.75, 3.05) is 44.8 Å². The van der Waals surface area contributed by atoms with Gasteiger partial charge < -0.3 is 19.3 Å². The zero-order chi connectivity index (χ0) is 19.6. The molecule has 0 aliphatic carbocycles. The lowest BCUT2D eigenvalue weighted by molar-refractivity contribution is -0.897. The van der Waals surface area contributed by atoms with Crippen molar-refractivity contribution in [1.82, 2.24) is 0 Å². The van der Waals surface area contributed by atoms with E-state index in [1.54, 1.807) is 18.1 Å². The number of hydrogen-bond acceptors (Lipinski definition) is 5. The minimum absolute atomic E-state index is 0.0423. The van der Waals surface area contributed by atoms with Gasteiger partial charge in [0.1, 0.15) is 5.75 Å². The smallest absolute Gasteiger partial charge is 0.309 e. The van der Waals surface area contributed by atoms with Crippen LogP contribution in [0.3, 0.4) is 0 Å². The number of carbonyl (C=O) groups is 2. The van der Waals surface area contributed by atoms with Crippen molar-refractivity contribution >= 4 is 17.6 Å². The predicted molar refractivity (Wildman–Crippen MR) is 100 cm³/mol. The third-order valence-corrected chi connectivity index (χ3v) is 4.84. The van der Waals surface area contributed by atoms with E-state index >= 15 is 0 Å². The molecule has 1 saturated heterocycles. The van der Waals surface area contributed by atoms with Crippen molar-refractivity contribution in [1.29, 1.82) is 5.26 Å². The van der Waals surface area contributed by atoms with Crippen LogP contribution in [0.5, 0.6) is 5.75 Å². The molecule has 1 heterocycles. The highest BCUT2D eigenvalue weighted by Crippen LogP contribution is 2.27. The van der Waals surface area contributed by atoms with Crippen molar-refractivity contribution in [2.24, 2.45) is 5.92 Å². The number of amides is 1. The summed E-state index contributed by atoms with van der Waals surface area (Å²) in [6.07, 6.45) is 1.71. The van der Waals surface area contributed by atoms with Crippen molar-refractivity contribution in [3.05, 3.63) is 24.3 Å². The minimum atomic E-state index is -0.132. The fourth-order valence-electron chi connectivity index (χ4n) is 3.40. The van der Waals surface area contributed by atoms with Gasteiger partial charge in [-0.25, -0.2) is 0 Å². The SMILES string of the molecule is CCOC(=O)C1CC[NH+](CC(=O)N(CCC#N)c2ccccc2OC)CC1. The van der Waals surface area contributed by atoms with Crippen LogP contribution in [0.2, 0.25) is 0 Å². The number of rotatable bonds is 8. The number of benzene rings is 1. The average Bonchev–Trinajstić information content (AvgIpc) is 2.69. The molecule has 0 aromatic heterocycles. The van der Waals surface area contributed by atoms with E-state index in [0.29, 0.717) is 31.1 Å². The van der Waals surface area contributed by atoms with Crippen LogP contribution in [0.1, 0.15) is 26.2 Å². The summed E-state index contributed by atoms with van der Waals surface area (Å²) < 4.78 is 10.5. The van der Waals surface area contributed by atoms with Gasteiger partial charge in [-0.15, -0.1) is 0 Å². The Bertz CT molecular complexity index is 678. The summed E-state index contributed by atoms with van der Waals surface area (Å²) in [6.45, 7) is 4.38. The lowest BCUT2D eigenvalue weighted by Crippen LogP contribution is -3.14. The van der Waals surface area contributed by atoms with Gasteiger partial charge in [0.15, 0.2) is 6.54 Å². The summed E-state index contributed by atoms with van der Waals surface area (Å²) in [5.41, 5.74) is 0.682. The average molecular weight is 374 g/mol. The van der Waals surface area contributed by atoms with E-state index in [1.807, 2.05) is 25.1 Å². The van der Waals surface area contributed by atoms with Crippen molar-refractivity contribution in [3.63, 3.8) is 0 Å². The molecule has 1 aromatic carbocycles. The molecule has 0 spiro atoms. The molecule has 1 amide bonds. The molecule has 1 N–H and O–H groups in total. The number of carbonyl (C=O) groups excluding carboxylic acids is 2. The molecular weight excluding hydrogens is 346 g/mol. The second-order valence-electron chi connectivity index (χ2n) is 6.58. The molecule has 1 fully saturated rings. The number of piperidine rings is 1. The van der Waals surface area contributed by atoms with E-state index in [2.05, 4.69) is 6.07 Å². The molecule has 2 rings (SSSR count). The van der Waals surface area contributed by atoms with Gasteiger partial charge in [-0.3, -0.25) is 9.59 Å². The molecule has 0 saturated carbocycles. The number of nitrogens with one attached hydrogen (secondary N) is 1. The van der Waals surface area contributed by atoms with Crippen LogP contribution in [-0.4, -0.2) is 51.8 Å². The Morgan fingerprint density at radius 2 is 2.00 bits per heavy atom. The molecule has 1 aliphatic rings. The maximum atomic E-state index is 13.0. The fourth-order valence-corrected chi connectivity index (χ4v) is 3.40. The number of hydrogen-bond donors (Lipinski definition) is 1. The van der Waals surface area contributed by atoms with Gasteiger partial charge >= 0.3 is 5.97 Å². The van der Waals surface area contributed by atoms with Crippen molar-refractivity contribution < 1.29 is 24.0 Å². The third kappa shape index (κ3) is 5.69. The molecule has 146 valence electrons. The first kappa shape index (κ1) is 20.7. The number of quaternary nitrogens is 1. The Morgan fingerprint density at radius 3 is 2.63 bits per heavy atom. The summed E-state index contributed by atoms with van der Waals surface area (Å²) in [4.78, 5) is 27.6. The first-order valence-corrected chi connectivity index (χ1v) is 9.41. The van der Waals surface area contributed by atoms with Crippen LogP contribution in [0.15, 0.2) is 24.3 Å². The number of esters is 1. The normalized spacial score (nSPS) is 19.0. The molecule has 0 atom stereocenters. The summed E-state index contributed by atoms with van der Waals surface area (Å²) in [7, 11) is 1.57. The molecule has 7 heteroatoms. The molecule has 27 heavy (non-hydrogen) atoms. The van der Waals surface area contributed by atoms with Crippen LogP contribution >= 0.6 is 0 Å². The van der Waals surface area contributed by atoms with Crippen LogP contribution in [0, 0.1) is 17.2 Å². The minimum Gasteiger partial charge on any atom is -0.495 e. The number of likely N-dealkylation sites (tertiary alicyclic amines) is 1. The lowest BCUT2D eigenvalue weighted by Gasteiger charge is -2.30. The summed E-state index contributed by atoms with van der Waals surface area (Å²) >= 11 is 0. The number of ether oxygens (including phenoxy) is 2. The number of nitrogens with zero attached hydrogens (tertiary/aromatic N) is 2. The Hall–Kier alpha value is -2.59. The molecule has 1 aliphatic heterocycles. The Morgan fingerprint density at radius 1 is 1.30 bits per heavy atom. The zero-order valence-corrected chi connectivity index (χ0v) is 16.1. The topological polar surface area (TPSA) is 84.1 Å². The Labute approximate surface area is 160 Å². The Balaban J connectivity index is 2.01. The maximum absolute atomic E-state index is 13.0. The van der Waals surface area contributed by atoms with Gasteiger partial charge in [-0.1, -0.05) is 12.1 Å². The number of para-hydroxylation sites is 2. The molecule has 0 bridgehead atoms.